The van der Waals surface area contributed by atoms with Crippen molar-refractivity contribution in [3.63, 3.8) is 0 Å². The fourth-order valence-electron chi connectivity index (χ4n) is 3.52. The molecule has 30 heavy (non-hydrogen) atoms. The lowest BCUT2D eigenvalue weighted by Gasteiger charge is -2.23. The normalized spacial score (nSPS) is 13.6. The highest BCUT2D eigenvalue weighted by molar-refractivity contribution is 5.92. The molecule has 0 fully saturated rings. The number of hydrogen-bond donors (Lipinski definition) is 0. The minimum atomic E-state index is 0.607. The molecule has 0 saturated carbocycles. The molecule has 0 spiro atoms. The molecule has 3 nitrogen and oxygen atoms in total. The van der Waals surface area contributed by atoms with Gasteiger partial charge in [-0.3, -0.25) is 0 Å². The average Bonchev–Trinajstić information content (AvgIpc) is 2.81. The summed E-state index contributed by atoms with van der Waals surface area (Å²) in [6.45, 7) is 2.62. The Bertz CT molecular complexity index is 1030. The van der Waals surface area contributed by atoms with Crippen LogP contribution in [-0.4, -0.2) is 13.7 Å². The van der Waals surface area contributed by atoms with Crippen molar-refractivity contribution in [2.75, 3.05) is 13.7 Å². The second-order valence-electron chi connectivity index (χ2n) is 6.90. The third-order valence-corrected chi connectivity index (χ3v) is 4.97. The van der Waals surface area contributed by atoms with E-state index in [2.05, 4.69) is 36.8 Å². The van der Waals surface area contributed by atoms with Gasteiger partial charge in [-0.2, -0.15) is 0 Å². The fraction of sp³-hybridized carbons (Fsp3) is 0.148. The molecule has 1 aliphatic rings. The van der Waals surface area contributed by atoms with E-state index in [9.17, 15) is 0 Å². The summed E-state index contributed by atoms with van der Waals surface area (Å²) in [7, 11) is 1.68. The van der Waals surface area contributed by atoms with E-state index in [4.69, 9.17) is 14.2 Å². The summed E-state index contributed by atoms with van der Waals surface area (Å²) in [4.78, 5) is 0. The monoisotopic (exact) mass is 397 g/mol. The number of allylic oxidation sites excluding steroid dienone is 3. The lowest BCUT2D eigenvalue weighted by molar-refractivity contribution is 0.247. The molecule has 0 heterocycles. The van der Waals surface area contributed by atoms with E-state index in [1.165, 1.54) is 0 Å². The van der Waals surface area contributed by atoms with E-state index in [-0.39, 0.29) is 0 Å². The highest BCUT2D eigenvalue weighted by atomic mass is 16.5. The van der Waals surface area contributed by atoms with Crippen molar-refractivity contribution in [3.05, 3.63) is 108 Å². The Morgan fingerprint density at radius 2 is 1.37 bits per heavy atom. The van der Waals surface area contributed by atoms with Gasteiger partial charge in [0.1, 0.15) is 23.0 Å². The van der Waals surface area contributed by atoms with Gasteiger partial charge in [0.2, 0.25) is 0 Å². The molecule has 0 bridgehead atoms. The highest BCUT2D eigenvalue weighted by Gasteiger charge is 2.20. The smallest absolute Gasteiger partial charge is 0.130 e. The molecule has 4 rings (SSSR count). The van der Waals surface area contributed by atoms with Gasteiger partial charge >= 0.3 is 0 Å². The predicted molar refractivity (Wildman–Crippen MR) is 121 cm³/mol. The summed E-state index contributed by atoms with van der Waals surface area (Å²) in [6, 6.07) is 26.1. The quantitative estimate of drug-likeness (QED) is 0.433. The van der Waals surface area contributed by atoms with Gasteiger partial charge in [0.05, 0.1) is 13.7 Å². The van der Waals surface area contributed by atoms with E-state index in [1.807, 2.05) is 61.5 Å². The van der Waals surface area contributed by atoms with E-state index in [0.29, 0.717) is 6.61 Å². The van der Waals surface area contributed by atoms with Gasteiger partial charge in [-0.05, 0) is 67.3 Å². The number of rotatable bonds is 7. The molecule has 3 aromatic rings. The van der Waals surface area contributed by atoms with Crippen LogP contribution in [-0.2, 0) is 4.74 Å². The largest absolute Gasteiger partial charge is 0.497 e. The summed E-state index contributed by atoms with van der Waals surface area (Å²) in [5.41, 5.74) is 4.45. The Hall–Kier alpha value is -3.46. The number of ether oxygens (including phenoxy) is 3. The van der Waals surface area contributed by atoms with Gasteiger partial charge in [0, 0.05) is 11.1 Å². The Balaban J connectivity index is 1.63. The zero-order valence-electron chi connectivity index (χ0n) is 17.3. The van der Waals surface area contributed by atoms with Crippen LogP contribution in [0.2, 0.25) is 0 Å². The van der Waals surface area contributed by atoms with Crippen LogP contribution in [0, 0.1) is 6.42 Å². The van der Waals surface area contributed by atoms with Gasteiger partial charge in [-0.15, -0.1) is 0 Å². The molecule has 0 aliphatic heterocycles. The standard InChI is InChI=1S/C27H25O3/c1-3-29-27-25(20-12-16-22(28-2)17-13-20)10-7-11-26(27)21-14-18-24(19-15-21)30-23-8-5-4-6-9-23/h4-6,8-19H,3,7H2,1-2H3. The molecule has 3 heteroatoms. The van der Waals surface area contributed by atoms with Gasteiger partial charge in [0.25, 0.3) is 0 Å². The summed E-state index contributed by atoms with van der Waals surface area (Å²) in [5.74, 6) is 3.39. The first kappa shape index (κ1) is 19.8. The van der Waals surface area contributed by atoms with E-state index in [0.717, 1.165) is 51.7 Å². The zero-order chi connectivity index (χ0) is 20.8. The summed E-state index contributed by atoms with van der Waals surface area (Å²) in [6.07, 6.45) is 5.28. The SMILES string of the molecule is CCOC1=C(c2ccc(OC)cc2)[CH]CC=C1c1ccc(Oc2ccccc2)cc1. The van der Waals surface area contributed by atoms with Crippen molar-refractivity contribution in [1.82, 2.24) is 0 Å². The van der Waals surface area contributed by atoms with Gasteiger partial charge in [0.15, 0.2) is 0 Å². The second kappa shape index (κ2) is 9.36. The predicted octanol–water partition coefficient (Wildman–Crippen LogP) is 6.93. The topological polar surface area (TPSA) is 27.7 Å². The minimum absolute atomic E-state index is 0.607. The molecular formula is C27H25O3. The summed E-state index contributed by atoms with van der Waals surface area (Å²) < 4.78 is 17.3. The number of methoxy groups -OCH3 is 1. The van der Waals surface area contributed by atoms with Crippen LogP contribution in [0.4, 0.5) is 0 Å². The second-order valence-corrected chi connectivity index (χ2v) is 6.90. The van der Waals surface area contributed by atoms with Crippen molar-refractivity contribution in [2.45, 2.75) is 13.3 Å². The highest BCUT2D eigenvalue weighted by Crippen LogP contribution is 2.38. The third-order valence-electron chi connectivity index (χ3n) is 4.97. The van der Waals surface area contributed by atoms with Crippen LogP contribution in [0.25, 0.3) is 11.1 Å². The lowest BCUT2D eigenvalue weighted by atomic mass is 9.88. The minimum Gasteiger partial charge on any atom is -0.497 e. The Morgan fingerprint density at radius 3 is 2.03 bits per heavy atom. The fourth-order valence-corrected chi connectivity index (χ4v) is 3.52. The van der Waals surface area contributed by atoms with Crippen LogP contribution in [0.3, 0.4) is 0 Å². The molecule has 0 aromatic heterocycles. The van der Waals surface area contributed by atoms with Crippen LogP contribution < -0.4 is 9.47 Å². The molecular weight excluding hydrogens is 372 g/mol. The first-order valence-electron chi connectivity index (χ1n) is 10.2. The summed E-state index contributed by atoms with van der Waals surface area (Å²) in [5, 5.41) is 0. The first-order valence-corrected chi connectivity index (χ1v) is 10.2. The van der Waals surface area contributed by atoms with E-state index < -0.39 is 0 Å². The maximum atomic E-state index is 6.12. The van der Waals surface area contributed by atoms with Crippen molar-refractivity contribution >= 4 is 11.1 Å². The average molecular weight is 397 g/mol. The van der Waals surface area contributed by atoms with Crippen molar-refractivity contribution < 1.29 is 14.2 Å². The van der Waals surface area contributed by atoms with Gasteiger partial charge in [-0.25, -0.2) is 0 Å². The third kappa shape index (κ3) is 4.41. The number of benzene rings is 3. The van der Waals surface area contributed by atoms with Crippen LogP contribution >= 0.6 is 0 Å². The molecule has 0 saturated heterocycles. The Labute approximate surface area is 178 Å². The Morgan fingerprint density at radius 1 is 0.733 bits per heavy atom. The summed E-state index contributed by atoms with van der Waals surface area (Å²) >= 11 is 0. The number of para-hydroxylation sites is 1. The zero-order valence-corrected chi connectivity index (χ0v) is 17.3. The first-order chi connectivity index (χ1) is 14.8. The van der Waals surface area contributed by atoms with Crippen LogP contribution in [0.5, 0.6) is 17.2 Å². The molecule has 0 unspecified atom stereocenters. The molecule has 0 N–H and O–H groups in total. The Kier molecular flexibility index (Phi) is 6.19. The molecule has 151 valence electrons. The maximum Gasteiger partial charge on any atom is 0.130 e. The molecule has 3 aromatic carbocycles. The lowest BCUT2D eigenvalue weighted by Crippen LogP contribution is -2.05. The van der Waals surface area contributed by atoms with E-state index >= 15 is 0 Å². The van der Waals surface area contributed by atoms with Crippen molar-refractivity contribution in [3.8, 4) is 17.2 Å². The van der Waals surface area contributed by atoms with Crippen LogP contribution in [0.15, 0.2) is 90.7 Å². The van der Waals surface area contributed by atoms with Crippen LogP contribution in [0.1, 0.15) is 24.5 Å². The maximum absolute atomic E-state index is 6.12. The van der Waals surface area contributed by atoms with Gasteiger partial charge in [-0.1, -0.05) is 48.5 Å². The molecule has 0 amide bonds. The van der Waals surface area contributed by atoms with Crippen molar-refractivity contribution in [1.29, 1.82) is 0 Å². The van der Waals surface area contributed by atoms with Crippen molar-refractivity contribution in [2.24, 2.45) is 0 Å². The van der Waals surface area contributed by atoms with Gasteiger partial charge < -0.3 is 14.2 Å². The number of hydrogen-bond acceptors (Lipinski definition) is 3. The molecule has 0 atom stereocenters. The molecule has 1 aliphatic carbocycles. The van der Waals surface area contributed by atoms with E-state index in [1.54, 1.807) is 7.11 Å². The molecule has 1 radical (unpaired) electrons.